The molecule has 0 radical (unpaired) electrons. The average molecular weight is 278 g/mol. The lowest BCUT2D eigenvalue weighted by Gasteiger charge is -2.27. The van der Waals surface area contributed by atoms with Crippen molar-refractivity contribution in [1.82, 2.24) is 4.98 Å². The lowest BCUT2D eigenvalue weighted by Crippen LogP contribution is -2.31. The number of H-pyrrole nitrogens is 1. The highest BCUT2D eigenvalue weighted by Gasteiger charge is 2.30. The molecule has 2 heterocycles. The molecule has 0 aliphatic carbocycles. The topological polar surface area (TPSA) is 42.1 Å². The van der Waals surface area contributed by atoms with Crippen molar-refractivity contribution >= 4 is 28.3 Å². The van der Waals surface area contributed by atoms with E-state index < -0.39 is 0 Å². The molecule has 2 atom stereocenters. The number of fused-ring (bicyclic) bond motifs is 1. The van der Waals surface area contributed by atoms with Gasteiger partial charge in [0.2, 0.25) is 0 Å². The Morgan fingerprint density at radius 2 is 2.32 bits per heavy atom. The zero-order valence-electron chi connectivity index (χ0n) is 10.8. The summed E-state index contributed by atoms with van der Waals surface area (Å²) < 4.78 is 5.40. The zero-order valence-corrected chi connectivity index (χ0v) is 11.5. The van der Waals surface area contributed by atoms with E-state index in [-0.39, 0.29) is 17.6 Å². The van der Waals surface area contributed by atoms with Gasteiger partial charge in [0.25, 0.3) is 0 Å². The van der Waals surface area contributed by atoms with Crippen LogP contribution >= 0.6 is 11.6 Å². The quantitative estimate of drug-likeness (QED) is 0.851. The molecule has 3 nitrogen and oxygen atoms in total. The van der Waals surface area contributed by atoms with Crippen molar-refractivity contribution in [3.8, 4) is 0 Å². The van der Waals surface area contributed by atoms with Gasteiger partial charge in [-0.25, -0.2) is 0 Å². The molecule has 0 amide bonds. The SMILES string of the molecule is CC1COCCC1C(=O)c1c[nH]c2cccc(Cl)c12. The molecule has 4 heteroatoms. The van der Waals surface area contributed by atoms with E-state index in [0.29, 0.717) is 23.8 Å². The van der Waals surface area contributed by atoms with Crippen LogP contribution in [0.3, 0.4) is 0 Å². The highest BCUT2D eigenvalue weighted by molar-refractivity contribution is 6.37. The van der Waals surface area contributed by atoms with Gasteiger partial charge in [-0.2, -0.15) is 0 Å². The van der Waals surface area contributed by atoms with Crippen LogP contribution in [0.2, 0.25) is 5.02 Å². The number of ketones is 1. The summed E-state index contributed by atoms with van der Waals surface area (Å²) in [6, 6.07) is 5.64. The highest BCUT2D eigenvalue weighted by Crippen LogP contribution is 2.32. The second-order valence-corrected chi connectivity index (χ2v) is 5.58. The fourth-order valence-corrected chi connectivity index (χ4v) is 3.08. The summed E-state index contributed by atoms with van der Waals surface area (Å²) in [5, 5.41) is 1.47. The third-order valence-electron chi connectivity index (χ3n) is 3.90. The van der Waals surface area contributed by atoms with E-state index in [1.165, 1.54) is 0 Å². The molecule has 100 valence electrons. The van der Waals surface area contributed by atoms with Crippen molar-refractivity contribution in [3.05, 3.63) is 35.0 Å². The van der Waals surface area contributed by atoms with Crippen LogP contribution in [0.1, 0.15) is 23.7 Å². The first-order valence-corrected chi connectivity index (χ1v) is 6.94. The van der Waals surface area contributed by atoms with Crippen LogP contribution in [-0.4, -0.2) is 24.0 Å². The number of nitrogens with one attached hydrogen (secondary N) is 1. The molecule has 1 aromatic carbocycles. The summed E-state index contributed by atoms with van der Waals surface area (Å²) in [5.41, 5.74) is 1.62. The lowest BCUT2D eigenvalue weighted by atomic mass is 9.83. The predicted molar refractivity (Wildman–Crippen MR) is 75.7 cm³/mol. The molecular formula is C15H16ClNO2. The van der Waals surface area contributed by atoms with Crippen molar-refractivity contribution in [3.63, 3.8) is 0 Å². The first-order chi connectivity index (χ1) is 9.18. The fourth-order valence-electron chi connectivity index (χ4n) is 2.80. The first-order valence-electron chi connectivity index (χ1n) is 6.56. The van der Waals surface area contributed by atoms with Crippen LogP contribution in [0.25, 0.3) is 10.9 Å². The number of halogens is 1. The van der Waals surface area contributed by atoms with E-state index in [1.54, 1.807) is 6.20 Å². The second kappa shape index (κ2) is 4.99. The minimum absolute atomic E-state index is 0.0315. The molecule has 2 aromatic rings. The molecule has 1 aliphatic rings. The van der Waals surface area contributed by atoms with Crippen LogP contribution < -0.4 is 0 Å². The Morgan fingerprint density at radius 1 is 1.47 bits per heavy atom. The minimum Gasteiger partial charge on any atom is -0.381 e. The summed E-state index contributed by atoms with van der Waals surface area (Å²) >= 11 is 6.23. The van der Waals surface area contributed by atoms with Crippen LogP contribution in [0, 0.1) is 11.8 Å². The Bertz CT molecular complexity index is 620. The summed E-state index contributed by atoms with van der Waals surface area (Å²) in [4.78, 5) is 15.8. The van der Waals surface area contributed by atoms with Crippen LogP contribution in [0.5, 0.6) is 0 Å². The summed E-state index contributed by atoms with van der Waals surface area (Å²) in [5.74, 6) is 0.466. The van der Waals surface area contributed by atoms with Crippen LogP contribution in [0.15, 0.2) is 24.4 Å². The van der Waals surface area contributed by atoms with Gasteiger partial charge >= 0.3 is 0 Å². The largest absolute Gasteiger partial charge is 0.381 e. The Balaban J connectivity index is 2.02. The third kappa shape index (κ3) is 2.17. The number of aromatic amines is 1. The molecule has 1 fully saturated rings. The number of Topliss-reactive ketones (excluding diaryl/α,β-unsaturated/α-hetero) is 1. The van der Waals surface area contributed by atoms with E-state index >= 15 is 0 Å². The fraction of sp³-hybridized carbons (Fsp3) is 0.400. The average Bonchev–Trinajstić information content (AvgIpc) is 2.84. The van der Waals surface area contributed by atoms with Gasteiger partial charge in [0.1, 0.15) is 0 Å². The molecule has 3 rings (SSSR count). The molecule has 1 N–H and O–H groups in total. The number of hydrogen-bond acceptors (Lipinski definition) is 2. The van der Waals surface area contributed by atoms with Crippen molar-refractivity contribution < 1.29 is 9.53 Å². The number of ether oxygens (including phenoxy) is 1. The Morgan fingerprint density at radius 3 is 3.11 bits per heavy atom. The molecule has 0 spiro atoms. The monoisotopic (exact) mass is 277 g/mol. The van der Waals surface area contributed by atoms with Gasteiger partial charge in [0, 0.05) is 41.8 Å². The normalized spacial score (nSPS) is 23.7. The number of hydrogen-bond donors (Lipinski definition) is 1. The van der Waals surface area contributed by atoms with E-state index in [2.05, 4.69) is 11.9 Å². The number of carbonyl (C=O) groups is 1. The van der Waals surface area contributed by atoms with Crippen molar-refractivity contribution in [2.75, 3.05) is 13.2 Å². The lowest BCUT2D eigenvalue weighted by molar-refractivity contribution is 0.0242. The molecule has 1 saturated heterocycles. The third-order valence-corrected chi connectivity index (χ3v) is 4.21. The summed E-state index contributed by atoms with van der Waals surface area (Å²) in [6.07, 6.45) is 2.57. The number of rotatable bonds is 2. The number of aromatic nitrogens is 1. The summed E-state index contributed by atoms with van der Waals surface area (Å²) in [6.45, 7) is 3.39. The smallest absolute Gasteiger partial charge is 0.168 e. The second-order valence-electron chi connectivity index (χ2n) is 5.18. The van der Waals surface area contributed by atoms with Crippen molar-refractivity contribution in [1.29, 1.82) is 0 Å². The molecule has 0 saturated carbocycles. The maximum atomic E-state index is 12.7. The Labute approximate surface area is 116 Å². The van der Waals surface area contributed by atoms with Crippen molar-refractivity contribution in [2.24, 2.45) is 11.8 Å². The molecular weight excluding hydrogens is 262 g/mol. The van der Waals surface area contributed by atoms with Gasteiger partial charge in [-0.3, -0.25) is 4.79 Å². The number of carbonyl (C=O) groups excluding carboxylic acids is 1. The maximum Gasteiger partial charge on any atom is 0.168 e. The Kier molecular flexibility index (Phi) is 3.33. The van der Waals surface area contributed by atoms with Gasteiger partial charge < -0.3 is 9.72 Å². The molecule has 2 unspecified atom stereocenters. The highest BCUT2D eigenvalue weighted by atomic mass is 35.5. The van der Waals surface area contributed by atoms with Crippen LogP contribution in [-0.2, 0) is 4.74 Å². The van der Waals surface area contributed by atoms with Gasteiger partial charge in [-0.1, -0.05) is 24.6 Å². The molecule has 19 heavy (non-hydrogen) atoms. The standard InChI is InChI=1S/C15H16ClNO2/c1-9-8-19-6-5-10(9)15(18)11-7-17-13-4-2-3-12(16)14(11)13/h2-4,7,9-10,17H,5-6,8H2,1H3. The molecule has 1 aliphatic heterocycles. The van der Waals surface area contributed by atoms with E-state index in [0.717, 1.165) is 17.3 Å². The van der Waals surface area contributed by atoms with Gasteiger partial charge in [0.15, 0.2) is 5.78 Å². The van der Waals surface area contributed by atoms with Crippen molar-refractivity contribution in [2.45, 2.75) is 13.3 Å². The van der Waals surface area contributed by atoms with Gasteiger partial charge in [-0.05, 0) is 24.5 Å². The van der Waals surface area contributed by atoms with Crippen LogP contribution in [0.4, 0.5) is 0 Å². The zero-order chi connectivity index (χ0) is 13.4. The molecule has 1 aromatic heterocycles. The van der Waals surface area contributed by atoms with E-state index in [4.69, 9.17) is 16.3 Å². The first kappa shape index (κ1) is 12.7. The minimum atomic E-state index is 0.0315. The van der Waals surface area contributed by atoms with Gasteiger partial charge in [0.05, 0.1) is 5.02 Å². The van der Waals surface area contributed by atoms with E-state index in [1.807, 2.05) is 18.2 Å². The number of benzene rings is 1. The molecule has 0 bridgehead atoms. The van der Waals surface area contributed by atoms with Gasteiger partial charge in [-0.15, -0.1) is 0 Å². The Hall–Kier alpha value is -1.32. The van der Waals surface area contributed by atoms with E-state index in [9.17, 15) is 4.79 Å². The maximum absolute atomic E-state index is 12.7. The summed E-state index contributed by atoms with van der Waals surface area (Å²) in [7, 11) is 0. The predicted octanol–water partition coefficient (Wildman–Crippen LogP) is 3.68.